The highest BCUT2D eigenvalue weighted by Crippen LogP contribution is 2.42. The van der Waals surface area contributed by atoms with E-state index in [9.17, 15) is 14.7 Å². The van der Waals surface area contributed by atoms with E-state index in [4.69, 9.17) is 14.6 Å². The molecule has 3 N–H and O–H groups in total. The summed E-state index contributed by atoms with van der Waals surface area (Å²) in [4.78, 5) is 25.4. The number of aliphatic carboxylic acids is 1. The first-order chi connectivity index (χ1) is 18.9. The van der Waals surface area contributed by atoms with E-state index in [0.29, 0.717) is 12.1 Å². The van der Waals surface area contributed by atoms with Crippen LogP contribution in [0.2, 0.25) is 0 Å². The number of benzene rings is 2. The van der Waals surface area contributed by atoms with Gasteiger partial charge in [-0.05, 0) is 55.6 Å². The average molecular weight is 539 g/mol. The van der Waals surface area contributed by atoms with Crippen LogP contribution in [0.15, 0.2) is 48.5 Å². The fraction of sp³-hybridized carbons (Fsp3) is 0.548. The van der Waals surface area contributed by atoms with Gasteiger partial charge in [0.2, 0.25) is 5.91 Å². The Hall–Kier alpha value is -2.78. The molecule has 2 saturated heterocycles. The Kier molecular flexibility index (Phi) is 10.9. The number of rotatable bonds is 10. The number of carbonyl (C=O) groups excluding carboxylic acids is 1. The van der Waals surface area contributed by atoms with Crippen molar-refractivity contribution in [3.8, 4) is 0 Å². The number of hydrogen-bond donors (Lipinski definition) is 3. The van der Waals surface area contributed by atoms with Crippen LogP contribution >= 0.6 is 0 Å². The van der Waals surface area contributed by atoms with Gasteiger partial charge in [-0.1, -0.05) is 62.6 Å². The number of aliphatic hydroxyl groups excluding tert-OH is 1. The average Bonchev–Trinajstić information content (AvgIpc) is 2.91. The number of carbonyl (C=O) groups is 2. The van der Waals surface area contributed by atoms with Crippen LogP contribution in [0.5, 0.6) is 0 Å². The molecule has 0 unspecified atom stereocenters. The number of nitrogens with zero attached hydrogens (tertiary/aromatic N) is 1. The van der Waals surface area contributed by atoms with Gasteiger partial charge in [0.25, 0.3) is 0 Å². The summed E-state index contributed by atoms with van der Waals surface area (Å²) in [6, 6.07) is 15.4. The lowest BCUT2D eigenvalue weighted by atomic mass is 9.89. The number of anilines is 1. The molecule has 1 amide bonds. The molecule has 0 bridgehead atoms. The van der Waals surface area contributed by atoms with Crippen molar-refractivity contribution in [1.82, 2.24) is 4.90 Å². The van der Waals surface area contributed by atoms with E-state index in [1.54, 1.807) is 0 Å². The zero-order valence-electron chi connectivity index (χ0n) is 22.9. The van der Waals surface area contributed by atoms with Crippen LogP contribution in [-0.2, 0) is 25.7 Å². The number of ether oxygens (including phenoxy) is 2. The second kappa shape index (κ2) is 14.6. The summed E-state index contributed by atoms with van der Waals surface area (Å²) in [5.74, 6) is -0.972. The normalized spacial score (nSPS) is 24.5. The number of carboxylic acids is 1. The lowest BCUT2D eigenvalue weighted by Crippen LogP contribution is -2.45. The number of hydrogen-bond acceptors (Lipinski definition) is 6. The van der Waals surface area contributed by atoms with Gasteiger partial charge in [0.05, 0.1) is 18.8 Å². The van der Waals surface area contributed by atoms with Gasteiger partial charge >= 0.3 is 5.97 Å². The van der Waals surface area contributed by atoms with Crippen molar-refractivity contribution in [2.45, 2.75) is 83.4 Å². The van der Waals surface area contributed by atoms with Crippen molar-refractivity contribution in [2.75, 3.05) is 25.0 Å². The predicted octanol–water partition coefficient (Wildman–Crippen LogP) is 5.43. The molecular formula is C31H42N2O6. The quantitative estimate of drug-likeness (QED) is 0.370. The summed E-state index contributed by atoms with van der Waals surface area (Å²) >= 11 is 0. The number of nitrogens with one attached hydrogen (secondary N) is 1. The van der Waals surface area contributed by atoms with E-state index < -0.39 is 12.3 Å². The third-order valence-corrected chi connectivity index (χ3v) is 7.77. The van der Waals surface area contributed by atoms with Crippen molar-refractivity contribution in [1.29, 1.82) is 0 Å². The molecule has 2 aromatic carbocycles. The fourth-order valence-corrected chi connectivity index (χ4v) is 5.43. The van der Waals surface area contributed by atoms with Gasteiger partial charge in [0, 0.05) is 36.6 Å². The van der Waals surface area contributed by atoms with E-state index in [0.717, 1.165) is 36.3 Å². The SMILES string of the molecule is C[C@H]1[C@@H](CN2CCCCCCC2)O[C@@H](c2ccc(NC(=O)CCCC(=O)O)cc2)O[C@H]1c1ccc(CO)cc1. The van der Waals surface area contributed by atoms with Crippen molar-refractivity contribution < 1.29 is 29.3 Å². The van der Waals surface area contributed by atoms with Crippen LogP contribution < -0.4 is 5.32 Å². The monoisotopic (exact) mass is 538 g/mol. The first-order valence-corrected chi connectivity index (χ1v) is 14.3. The summed E-state index contributed by atoms with van der Waals surface area (Å²) in [5, 5.41) is 21.1. The van der Waals surface area contributed by atoms with Gasteiger partial charge < -0.3 is 29.9 Å². The van der Waals surface area contributed by atoms with Crippen molar-refractivity contribution >= 4 is 17.6 Å². The van der Waals surface area contributed by atoms with E-state index >= 15 is 0 Å². The Labute approximate surface area is 231 Å². The van der Waals surface area contributed by atoms with Crippen molar-refractivity contribution in [3.63, 3.8) is 0 Å². The zero-order valence-corrected chi connectivity index (χ0v) is 22.9. The number of likely N-dealkylation sites (tertiary alicyclic amines) is 1. The summed E-state index contributed by atoms with van der Waals surface area (Å²) in [5.41, 5.74) is 3.46. The molecular weight excluding hydrogens is 496 g/mol. The molecule has 2 aromatic rings. The molecule has 8 nitrogen and oxygen atoms in total. The molecule has 4 rings (SSSR count). The van der Waals surface area contributed by atoms with E-state index in [1.807, 2.05) is 48.5 Å². The molecule has 2 aliphatic rings. The molecule has 8 heteroatoms. The smallest absolute Gasteiger partial charge is 0.303 e. The predicted molar refractivity (Wildman–Crippen MR) is 149 cm³/mol. The van der Waals surface area contributed by atoms with Crippen LogP contribution in [0.3, 0.4) is 0 Å². The lowest BCUT2D eigenvalue weighted by Gasteiger charge is -2.43. The Morgan fingerprint density at radius 1 is 0.897 bits per heavy atom. The third kappa shape index (κ3) is 8.60. The molecule has 0 aromatic heterocycles. The number of amides is 1. The van der Waals surface area contributed by atoms with E-state index in [2.05, 4.69) is 17.1 Å². The Morgan fingerprint density at radius 2 is 1.54 bits per heavy atom. The van der Waals surface area contributed by atoms with Crippen molar-refractivity contribution in [3.05, 3.63) is 65.2 Å². The Balaban J connectivity index is 1.48. The molecule has 0 radical (unpaired) electrons. The molecule has 2 fully saturated rings. The molecule has 2 aliphatic heterocycles. The van der Waals surface area contributed by atoms with Crippen molar-refractivity contribution in [2.24, 2.45) is 5.92 Å². The third-order valence-electron chi connectivity index (χ3n) is 7.77. The second-order valence-electron chi connectivity index (χ2n) is 10.8. The van der Waals surface area contributed by atoms with Crippen LogP contribution in [0.1, 0.15) is 87.4 Å². The largest absolute Gasteiger partial charge is 0.481 e. The van der Waals surface area contributed by atoms with Gasteiger partial charge in [-0.2, -0.15) is 0 Å². The first kappa shape index (κ1) is 29.2. The van der Waals surface area contributed by atoms with E-state index in [-0.39, 0.29) is 43.5 Å². The summed E-state index contributed by atoms with van der Waals surface area (Å²) < 4.78 is 13.2. The minimum Gasteiger partial charge on any atom is -0.481 e. The van der Waals surface area contributed by atoms with Gasteiger partial charge in [0.15, 0.2) is 6.29 Å². The maximum absolute atomic E-state index is 12.2. The number of aliphatic hydroxyl groups is 1. The minimum atomic E-state index is -0.902. The zero-order chi connectivity index (χ0) is 27.6. The molecule has 39 heavy (non-hydrogen) atoms. The first-order valence-electron chi connectivity index (χ1n) is 14.3. The van der Waals surface area contributed by atoms with Gasteiger partial charge in [-0.3, -0.25) is 9.59 Å². The molecule has 2 heterocycles. The topological polar surface area (TPSA) is 108 Å². The standard InChI is InChI=1S/C31H42N2O6/c1-22-27(20-33-18-5-3-2-4-6-19-33)38-31(39-30(22)24-12-10-23(21-34)11-13-24)25-14-16-26(17-15-25)32-28(35)8-7-9-29(36)37/h10-17,22,27,30-31,34H,2-9,18-21H2,1H3,(H,32,35)(H,36,37)/t22-,27+,30+,31+/m0/s1. The van der Waals surface area contributed by atoms with Crippen LogP contribution in [0.4, 0.5) is 5.69 Å². The van der Waals surface area contributed by atoms with Gasteiger partial charge in [-0.15, -0.1) is 0 Å². The summed E-state index contributed by atoms with van der Waals surface area (Å²) in [7, 11) is 0. The highest BCUT2D eigenvalue weighted by Gasteiger charge is 2.39. The second-order valence-corrected chi connectivity index (χ2v) is 10.8. The summed E-state index contributed by atoms with van der Waals surface area (Å²) in [6.07, 6.45) is 6.04. The number of carboxylic acid groups (broad SMARTS) is 1. The fourth-order valence-electron chi connectivity index (χ4n) is 5.43. The maximum atomic E-state index is 12.2. The van der Waals surface area contributed by atoms with E-state index in [1.165, 1.54) is 32.1 Å². The van der Waals surface area contributed by atoms with Crippen LogP contribution in [0.25, 0.3) is 0 Å². The highest BCUT2D eigenvalue weighted by molar-refractivity contribution is 5.90. The van der Waals surface area contributed by atoms with Crippen LogP contribution in [-0.4, -0.2) is 52.7 Å². The van der Waals surface area contributed by atoms with Crippen LogP contribution in [0, 0.1) is 5.92 Å². The molecule has 212 valence electrons. The Bertz CT molecular complexity index is 1050. The molecule has 0 saturated carbocycles. The highest BCUT2D eigenvalue weighted by atomic mass is 16.7. The molecule has 4 atom stereocenters. The van der Waals surface area contributed by atoms with Gasteiger partial charge in [-0.25, -0.2) is 0 Å². The molecule has 0 aliphatic carbocycles. The Morgan fingerprint density at radius 3 is 2.18 bits per heavy atom. The minimum absolute atomic E-state index is 0.00707. The lowest BCUT2D eigenvalue weighted by molar-refractivity contribution is -0.276. The summed E-state index contributed by atoms with van der Waals surface area (Å²) in [6.45, 7) is 5.24. The van der Waals surface area contributed by atoms with Gasteiger partial charge in [0.1, 0.15) is 0 Å². The maximum Gasteiger partial charge on any atom is 0.303 e. The molecule has 0 spiro atoms.